The zero-order valence-electron chi connectivity index (χ0n) is 11.7. The van der Waals surface area contributed by atoms with Gasteiger partial charge in [0.15, 0.2) is 0 Å². The van der Waals surface area contributed by atoms with Crippen molar-refractivity contribution in [2.24, 2.45) is 5.92 Å². The van der Waals surface area contributed by atoms with E-state index in [0.29, 0.717) is 28.3 Å². The third-order valence-electron chi connectivity index (χ3n) is 2.65. The van der Waals surface area contributed by atoms with E-state index in [1.165, 1.54) is 0 Å². The minimum atomic E-state index is -0.566. The van der Waals surface area contributed by atoms with Crippen molar-refractivity contribution >= 4 is 35.0 Å². The number of halogens is 2. The molecule has 0 radical (unpaired) electrons. The second kappa shape index (κ2) is 9.74. The van der Waals surface area contributed by atoms with Crippen LogP contribution >= 0.6 is 35.0 Å². The monoisotopic (exact) mass is 337 g/mol. The van der Waals surface area contributed by atoms with Crippen molar-refractivity contribution < 1.29 is 9.84 Å². The fraction of sp³-hybridized carbons (Fsp3) is 0.571. The number of hydrogen-bond acceptors (Lipinski definition) is 4. The maximum Gasteiger partial charge on any atom is 0.138 e. The summed E-state index contributed by atoms with van der Waals surface area (Å²) < 4.78 is 5.47. The Morgan fingerprint density at radius 1 is 1.35 bits per heavy atom. The molecule has 0 amide bonds. The summed E-state index contributed by atoms with van der Waals surface area (Å²) in [6.07, 6.45) is 1.53. The van der Waals surface area contributed by atoms with Crippen LogP contribution in [0.5, 0.6) is 5.75 Å². The Labute approximate surface area is 135 Å². The Morgan fingerprint density at radius 3 is 2.75 bits per heavy atom. The molecule has 6 heteroatoms. The number of rotatable bonds is 9. The van der Waals surface area contributed by atoms with E-state index in [0.717, 1.165) is 12.3 Å². The van der Waals surface area contributed by atoms with Gasteiger partial charge in [-0.05, 0) is 42.7 Å². The van der Waals surface area contributed by atoms with Crippen molar-refractivity contribution in [1.82, 2.24) is 5.32 Å². The predicted molar refractivity (Wildman–Crippen MR) is 88.4 cm³/mol. The Balaban J connectivity index is 2.24. The predicted octanol–water partition coefficient (Wildman–Crippen LogP) is 3.32. The molecule has 0 aromatic heterocycles. The lowest BCUT2D eigenvalue weighted by atomic mass is 10.2. The van der Waals surface area contributed by atoms with Crippen molar-refractivity contribution in [1.29, 1.82) is 0 Å². The average Bonchev–Trinajstić information content (AvgIpc) is 2.38. The number of hydrogen-bond donors (Lipinski definition) is 2. The van der Waals surface area contributed by atoms with Gasteiger partial charge < -0.3 is 15.2 Å². The molecule has 0 saturated heterocycles. The van der Waals surface area contributed by atoms with Gasteiger partial charge in [0.2, 0.25) is 0 Å². The van der Waals surface area contributed by atoms with E-state index < -0.39 is 6.10 Å². The summed E-state index contributed by atoms with van der Waals surface area (Å²) >= 11 is 13.6. The normalized spacial score (nSPS) is 14.1. The van der Waals surface area contributed by atoms with E-state index in [2.05, 4.69) is 18.5 Å². The van der Waals surface area contributed by atoms with Gasteiger partial charge >= 0.3 is 0 Å². The van der Waals surface area contributed by atoms with Crippen LogP contribution in [0.2, 0.25) is 10.0 Å². The molecule has 0 saturated carbocycles. The first-order valence-corrected chi connectivity index (χ1v) is 8.63. The lowest BCUT2D eigenvalue weighted by Crippen LogP contribution is -2.34. The van der Waals surface area contributed by atoms with Crippen molar-refractivity contribution in [2.75, 3.05) is 31.7 Å². The van der Waals surface area contributed by atoms with Crippen LogP contribution in [0.4, 0.5) is 0 Å². The molecule has 0 aliphatic carbocycles. The summed E-state index contributed by atoms with van der Waals surface area (Å²) in [6.45, 7) is 3.77. The van der Waals surface area contributed by atoms with Crippen LogP contribution in [0, 0.1) is 5.92 Å². The van der Waals surface area contributed by atoms with Gasteiger partial charge in [0.25, 0.3) is 0 Å². The Morgan fingerprint density at radius 2 is 2.10 bits per heavy atom. The van der Waals surface area contributed by atoms with Crippen LogP contribution in [-0.4, -0.2) is 42.9 Å². The first-order chi connectivity index (χ1) is 9.52. The first kappa shape index (κ1) is 17.9. The minimum absolute atomic E-state index is 0.200. The van der Waals surface area contributed by atoms with Gasteiger partial charge in [-0.3, -0.25) is 0 Å². The quantitative estimate of drug-likeness (QED) is 0.725. The van der Waals surface area contributed by atoms with Crippen LogP contribution in [0.15, 0.2) is 18.2 Å². The molecule has 0 fully saturated rings. The fourth-order valence-corrected chi connectivity index (χ4v) is 2.83. The highest BCUT2D eigenvalue weighted by molar-refractivity contribution is 7.98. The summed E-state index contributed by atoms with van der Waals surface area (Å²) in [5.74, 6) is 2.23. The third kappa shape index (κ3) is 7.04. The fourth-order valence-electron chi connectivity index (χ4n) is 1.68. The third-order valence-corrected chi connectivity index (χ3v) is 4.08. The van der Waals surface area contributed by atoms with Crippen LogP contribution < -0.4 is 10.1 Å². The van der Waals surface area contributed by atoms with E-state index in [1.807, 2.05) is 11.8 Å². The van der Waals surface area contributed by atoms with E-state index in [-0.39, 0.29) is 6.61 Å². The SMILES string of the molecule is CSCC(C)CNCC(O)COc1ccc(Cl)cc1Cl. The molecule has 0 aliphatic rings. The first-order valence-electron chi connectivity index (χ1n) is 6.48. The standard InChI is InChI=1S/C14H21Cl2NO2S/c1-10(9-20-2)6-17-7-12(18)8-19-14-4-3-11(15)5-13(14)16/h3-5,10,12,17-18H,6-9H2,1-2H3. The molecule has 1 aromatic carbocycles. The average molecular weight is 338 g/mol. The number of nitrogens with one attached hydrogen (secondary N) is 1. The second-order valence-corrected chi connectivity index (χ2v) is 6.51. The van der Waals surface area contributed by atoms with Gasteiger partial charge in [-0.2, -0.15) is 11.8 Å². The van der Waals surface area contributed by atoms with Crippen LogP contribution in [0.1, 0.15) is 6.92 Å². The topological polar surface area (TPSA) is 41.5 Å². The van der Waals surface area contributed by atoms with Crippen molar-refractivity contribution in [3.63, 3.8) is 0 Å². The Kier molecular flexibility index (Phi) is 8.73. The zero-order valence-corrected chi connectivity index (χ0v) is 14.1. The van der Waals surface area contributed by atoms with Crippen molar-refractivity contribution in [3.8, 4) is 5.75 Å². The van der Waals surface area contributed by atoms with Gasteiger partial charge in [-0.15, -0.1) is 0 Å². The van der Waals surface area contributed by atoms with Crippen molar-refractivity contribution in [3.05, 3.63) is 28.2 Å². The van der Waals surface area contributed by atoms with Gasteiger partial charge in [0.1, 0.15) is 18.5 Å². The highest BCUT2D eigenvalue weighted by Crippen LogP contribution is 2.27. The smallest absolute Gasteiger partial charge is 0.138 e. The maximum atomic E-state index is 9.84. The number of benzene rings is 1. The van der Waals surface area contributed by atoms with E-state index in [1.54, 1.807) is 18.2 Å². The van der Waals surface area contributed by atoms with Crippen LogP contribution in [0.25, 0.3) is 0 Å². The molecule has 114 valence electrons. The van der Waals surface area contributed by atoms with E-state index in [4.69, 9.17) is 27.9 Å². The molecular weight excluding hydrogens is 317 g/mol. The van der Waals surface area contributed by atoms with E-state index in [9.17, 15) is 5.11 Å². The molecule has 20 heavy (non-hydrogen) atoms. The number of aliphatic hydroxyl groups excluding tert-OH is 1. The highest BCUT2D eigenvalue weighted by Gasteiger charge is 2.08. The van der Waals surface area contributed by atoms with Gasteiger partial charge in [-0.25, -0.2) is 0 Å². The zero-order chi connectivity index (χ0) is 15.0. The molecule has 0 heterocycles. The molecule has 0 aliphatic heterocycles. The second-order valence-electron chi connectivity index (χ2n) is 4.76. The molecule has 1 aromatic rings. The van der Waals surface area contributed by atoms with Crippen molar-refractivity contribution in [2.45, 2.75) is 13.0 Å². The molecule has 2 unspecified atom stereocenters. The Bertz CT molecular complexity index is 407. The van der Waals surface area contributed by atoms with Gasteiger partial charge in [-0.1, -0.05) is 30.1 Å². The molecule has 2 N–H and O–H groups in total. The Hall–Kier alpha value is -0.130. The summed E-state index contributed by atoms with van der Waals surface area (Å²) in [5, 5.41) is 14.1. The number of thioether (sulfide) groups is 1. The van der Waals surface area contributed by atoms with Gasteiger partial charge in [0, 0.05) is 11.6 Å². The lowest BCUT2D eigenvalue weighted by molar-refractivity contribution is 0.106. The largest absolute Gasteiger partial charge is 0.489 e. The summed E-state index contributed by atoms with van der Waals surface area (Å²) in [4.78, 5) is 0. The summed E-state index contributed by atoms with van der Waals surface area (Å²) in [5.41, 5.74) is 0. The highest BCUT2D eigenvalue weighted by atomic mass is 35.5. The lowest BCUT2D eigenvalue weighted by Gasteiger charge is -2.16. The molecule has 1 rings (SSSR count). The minimum Gasteiger partial charge on any atom is -0.489 e. The van der Waals surface area contributed by atoms with Crippen LogP contribution in [0.3, 0.4) is 0 Å². The number of aliphatic hydroxyl groups is 1. The van der Waals surface area contributed by atoms with Crippen LogP contribution in [-0.2, 0) is 0 Å². The number of ether oxygens (including phenoxy) is 1. The summed E-state index contributed by atoms with van der Waals surface area (Å²) in [6, 6.07) is 5.02. The summed E-state index contributed by atoms with van der Waals surface area (Å²) in [7, 11) is 0. The molecule has 2 atom stereocenters. The molecule has 0 spiro atoms. The molecule has 3 nitrogen and oxygen atoms in total. The van der Waals surface area contributed by atoms with Gasteiger partial charge in [0.05, 0.1) is 5.02 Å². The maximum absolute atomic E-state index is 9.84. The molecule has 0 bridgehead atoms. The van der Waals surface area contributed by atoms with E-state index >= 15 is 0 Å². The molecular formula is C14H21Cl2NO2S.